The van der Waals surface area contributed by atoms with E-state index in [0.29, 0.717) is 17.9 Å². The summed E-state index contributed by atoms with van der Waals surface area (Å²) in [5.41, 5.74) is 0.437. The molecule has 0 amide bonds. The average molecular weight is 329 g/mol. The molecule has 0 aromatic carbocycles. The third-order valence-corrected chi connectivity index (χ3v) is 5.05. The molecule has 6 nitrogen and oxygen atoms in total. The second-order valence-electron chi connectivity index (χ2n) is 7.08. The van der Waals surface area contributed by atoms with Crippen LogP contribution in [0, 0.1) is 17.2 Å². The molecule has 6 heteroatoms. The van der Waals surface area contributed by atoms with Gasteiger partial charge in [0.25, 0.3) is 0 Å². The van der Waals surface area contributed by atoms with E-state index in [2.05, 4.69) is 39.7 Å². The van der Waals surface area contributed by atoms with Crippen LogP contribution < -0.4 is 4.90 Å². The van der Waals surface area contributed by atoms with E-state index in [-0.39, 0.29) is 0 Å². The van der Waals surface area contributed by atoms with Gasteiger partial charge in [0.1, 0.15) is 6.07 Å². The minimum Gasteiger partial charge on any atom is -0.373 e. The van der Waals surface area contributed by atoms with Crippen molar-refractivity contribution in [2.75, 3.05) is 37.6 Å². The Labute approximate surface area is 144 Å². The number of hydrogen-bond acceptors (Lipinski definition) is 6. The van der Waals surface area contributed by atoms with Crippen molar-refractivity contribution in [3.8, 4) is 6.07 Å². The van der Waals surface area contributed by atoms with Crippen LogP contribution in [0.5, 0.6) is 0 Å². The number of nitriles is 1. The van der Waals surface area contributed by atoms with E-state index in [1.807, 2.05) is 0 Å². The molecule has 0 saturated carbocycles. The van der Waals surface area contributed by atoms with Crippen molar-refractivity contribution >= 4 is 5.82 Å². The predicted octanol–water partition coefficient (Wildman–Crippen LogP) is 2.06. The van der Waals surface area contributed by atoms with E-state index in [9.17, 15) is 5.26 Å². The van der Waals surface area contributed by atoms with E-state index in [0.717, 1.165) is 57.3 Å². The first-order chi connectivity index (χ1) is 11.7. The molecule has 3 heterocycles. The van der Waals surface area contributed by atoms with Gasteiger partial charge >= 0.3 is 0 Å². The SMILES string of the molecule is C[C@@H]1CN(CCC2CCN(c3nccnc3C#N)CC2)C[C@H](C)O1. The van der Waals surface area contributed by atoms with Crippen molar-refractivity contribution in [3.05, 3.63) is 18.1 Å². The Hall–Kier alpha value is -1.71. The first kappa shape index (κ1) is 17.1. The van der Waals surface area contributed by atoms with Crippen LogP contribution in [0.2, 0.25) is 0 Å². The summed E-state index contributed by atoms with van der Waals surface area (Å²) < 4.78 is 5.81. The van der Waals surface area contributed by atoms with Gasteiger partial charge in [-0.3, -0.25) is 4.90 Å². The average Bonchev–Trinajstić information content (AvgIpc) is 2.59. The Morgan fingerprint density at radius 2 is 1.83 bits per heavy atom. The van der Waals surface area contributed by atoms with E-state index in [1.165, 1.54) is 6.42 Å². The van der Waals surface area contributed by atoms with Gasteiger partial charge in [0.2, 0.25) is 0 Å². The number of anilines is 1. The fourth-order valence-electron chi connectivity index (χ4n) is 3.91. The van der Waals surface area contributed by atoms with Crippen LogP contribution in [0.1, 0.15) is 38.8 Å². The maximum Gasteiger partial charge on any atom is 0.183 e. The summed E-state index contributed by atoms with van der Waals surface area (Å²) >= 11 is 0. The fourth-order valence-corrected chi connectivity index (χ4v) is 3.91. The van der Waals surface area contributed by atoms with Gasteiger partial charge in [-0.2, -0.15) is 5.26 Å². The molecule has 0 radical (unpaired) electrons. The number of nitrogens with zero attached hydrogens (tertiary/aromatic N) is 5. The van der Waals surface area contributed by atoms with Gasteiger partial charge in [-0.25, -0.2) is 9.97 Å². The highest BCUT2D eigenvalue weighted by Crippen LogP contribution is 2.25. The fraction of sp³-hybridized carbons (Fsp3) is 0.722. The Morgan fingerprint density at radius 1 is 1.17 bits per heavy atom. The Bertz CT molecular complexity index is 569. The molecule has 3 rings (SSSR count). The molecule has 2 atom stereocenters. The highest BCUT2D eigenvalue weighted by Gasteiger charge is 2.25. The summed E-state index contributed by atoms with van der Waals surface area (Å²) in [6.07, 6.45) is 7.52. The molecule has 0 unspecified atom stereocenters. The van der Waals surface area contributed by atoms with Gasteiger partial charge in [-0.15, -0.1) is 0 Å². The molecule has 2 fully saturated rings. The molecule has 24 heavy (non-hydrogen) atoms. The third kappa shape index (κ3) is 4.22. The Morgan fingerprint density at radius 3 is 2.50 bits per heavy atom. The van der Waals surface area contributed by atoms with Crippen LogP contribution in [0.25, 0.3) is 0 Å². The van der Waals surface area contributed by atoms with Gasteiger partial charge in [0.05, 0.1) is 12.2 Å². The lowest BCUT2D eigenvalue weighted by atomic mass is 9.93. The van der Waals surface area contributed by atoms with Crippen LogP contribution in [0.4, 0.5) is 5.82 Å². The second kappa shape index (κ2) is 7.91. The summed E-state index contributed by atoms with van der Waals surface area (Å²) in [6.45, 7) is 9.52. The largest absolute Gasteiger partial charge is 0.373 e. The number of morpholine rings is 1. The summed E-state index contributed by atoms with van der Waals surface area (Å²) in [5.74, 6) is 1.51. The van der Waals surface area contributed by atoms with E-state index in [1.54, 1.807) is 12.4 Å². The van der Waals surface area contributed by atoms with Crippen molar-refractivity contribution in [2.45, 2.75) is 45.3 Å². The molecule has 1 aromatic rings. The Balaban J connectivity index is 1.46. The van der Waals surface area contributed by atoms with Crippen LogP contribution in [-0.2, 0) is 4.74 Å². The molecule has 2 saturated heterocycles. The zero-order valence-corrected chi connectivity index (χ0v) is 14.7. The number of aromatic nitrogens is 2. The minimum atomic E-state index is 0.344. The topological polar surface area (TPSA) is 65.3 Å². The van der Waals surface area contributed by atoms with Crippen LogP contribution >= 0.6 is 0 Å². The first-order valence-electron chi connectivity index (χ1n) is 8.99. The molecule has 0 aliphatic carbocycles. The molecule has 0 bridgehead atoms. The second-order valence-corrected chi connectivity index (χ2v) is 7.08. The van der Waals surface area contributed by atoms with Gasteiger partial charge in [0, 0.05) is 38.6 Å². The molecule has 0 N–H and O–H groups in total. The molecule has 130 valence electrons. The zero-order valence-electron chi connectivity index (χ0n) is 14.7. The minimum absolute atomic E-state index is 0.344. The van der Waals surface area contributed by atoms with Crippen molar-refractivity contribution in [3.63, 3.8) is 0 Å². The number of piperidine rings is 1. The van der Waals surface area contributed by atoms with Crippen LogP contribution in [0.3, 0.4) is 0 Å². The van der Waals surface area contributed by atoms with Gasteiger partial charge in [0.15, 0.2) is 11.5 Å². The monoisotopic (exact) mass is 329 g/mol. The normalized spacial score (nSPS) is 26.3. The number of hydrogen-bond donors (Lipinski definition) is 0. The summed E-state index contributed by atoms with van der Waals surface area (Å²) in [7, 11) is 0. The summed E-state index contributed by atoms with van der Waals surface area (Å²) in [6, 6.07) is 2.15. The Kier molecular flexibility index (Phi) is 5.64. The van der Waals surface area contributed by atoms with E-state index >= 15 is 0 Å². The van der Waals surface area contributed by atoms with Gasteiger partial charge in [-0.05, 0) is 45.6 Å². The smallest absolute Gasteiger partial charge is 0.183 e. The standard InChI is InChI=1S/C18H27N5O/c1-14-12-22(13-15(2)24-14)8-3-16-4-9-23(10-5-16)18-17(11-19)20-6-7-21-18/h6-7,14-16H,3-5,8-10,12-13H2,1-2H3/t14-,15+. The quantitative estimate of drug-likeness (QED) is 0.842. The number of rotatable bonds is 4. The summed E-state index contributed by atoms with van der Waals surface area (Å²) in [5, 5.41) is 9.18. The molecule has 1 aromatic heterocycles. The first-order valence-corrected chi connectivity index (χ1v) is 8.99. The van der Waals surface area contributed by atoms with E-state index < -0.39 is 0 Å². The lowest BCUT2D eigenvalue weighted by Gasteiger charge is -2.37. The highest BCUT2D eigenvalue weighted by atomic mass is 16.5. The highest BCUT2D eigenvalue weighted by molar-refractivity contribution is 5.49. The molecule has 2 aliphatic rings. The third-order valence-electron chi connectivity index (χ3n) is 5.05. The van der Waals surface area contributed by atoms with Crippen molar-refractivity contribution in [2.24, 2.45) is 5.92 Å². The van der Waals surface area contributed by atoms with Crippen molar-refractivity contribution in [1.82, 2.24) is 14.9 Å². The molecule has 2 aliphatic heterocycles. The lowest BCUT2D eigenvalue weighted by Crippen LogP contribution is -2.46. The lowest BCUT2D eigenvalue weighted by molar-refractivity contribution is -0.0690. The van der Waals surface area contributed by atoms with E-state index in [4.69, 9.17) is 4.74 Å². The van der Waals surface area contributed by atoms with Crippen molar-refractivity contribution in [1.29, 1.82) is 5.26 Å². The maximum absolute atomic E-state index is 9.18. The van der Waals surface area contributed by atoms with Gasteiger partial charge < -0.3 is 9.64 Å². The molecular formula is C18H27N5O. The predicted molar refractivity (Wildman–Crippen MR) is 92.8 cm³/mol. The van der Waals surface area contributed by atoms with Crippen LogP contribution in [0.15, 0.2) is 12.4 Å². The molecular weight excluding hydrogens is 302 g/mol. The zero-order chi connectivity index (χ0) is 16.9. The van der Waals surface area contributed by atoms with Crippen LogP contribution in [-0.4, -0.2) is 59.8 Å². The van der Waals surface area contributed by atoms with Gasteiger partial charge in [-0.1, -0.05) is 0 Å². The summed E-state index contributed by atoms with van der Waals surface area (Å²) in [4.78, 5) is 13.2. The van der Waals surface area contributed by atoms with Crippen molar-refractivity contribution < 1.29 is 4.74 Å². The maximum atomic E-state index is 9.18. The number of ether oxygens (including phenoxy) is 1. The molecule has 0 spiro atoms.